The lowest BCUT2D eigenvalue weighted by Gasteiger charge is -2.58. The van der Waals surface area contributed by atoms with Crippen LogP contribution in [0.15, 0.2) is 47.3 Å². The van der Waals surface area contributed by atoms with Crippen LogP contribution in [0.1, 0.15) is 74.0 Å². The van der Waals surface area contributed by atoms with Crippen LogP contribution in [0.3, 0.4) is 0 Å². The first-order valence-electron chi connectivity index (χ1n) is 20.2. The molecule has 5 aliphatic rings. The third-order valence-electron chi connectivity index (χ3n) is 13.8. The predicted octanol–water partition coefficient (Wildman–Crippen LogP) is 4.98. The maximum atomic E-state index is 13.3. The predicted molar refractivity (Wildman–Crippen MR) is 221 cm³/mol. The van der Waals surface area contributed by atoms with Gasteiger partial charge in [-0.05, 0) is 99.7 Å². The SMILES string of the molecule is CC(CCC(=O)NC=O)n1c(=O)n(C)c2cc(N3CCC4(CC3)CC(N3CCN(c5ccc6c(ccc7sc8c(c76)NCCNC8=O)n5)CC35CC5)C4)ccc21. The molecule has 0 radical (unpaired) electrons. The largest absolute Gasteiger partial charge is 0.381 e. The summed E-state index contributed by atoms with van der Waals surface area (Å²) < 4.78 is 4.59. The van der Waals surface area contributed by atoms with Crippen LogP contribution in [0.4, 0.5) is 17.2 Å². The molecule has 6 heterocycles. The molecule has 2 spiro atoms. The lowest BCUT2D eigenvalue weighted by atomic mass is 9.59. The molecule has 1 unspecified atom stereocenters. The molecule has 1 atom stereocenters. The summed E-state index contributed by atoms with van der Waals surface area (Å²) in [4.78, 5) is 62.3. The lowest BCUT2D eigenvalue weighted by molar-refractivity contribution is -0.125. The van der Waals surface area contributed by atoms with Gasteiger partial charge in [-0.25, -0.2) is 9.78 Å². The number of hydrogen-bond acceptors (Lipinski definition) is 10. The number of thiophene rings is 1. The van der Waals surface area contributed by atoms with Gasteiger partial charge in [0.25, 0.3) is 5.91 Å². The van der Waals surface area contributed by atoms with Crippen molar-refractivity contribution in [2.75, 3.05) is 60.9 Å². The fourth-order valence-corrected chi connectivity index (χ4v) is 11.6. The molecule has 3 aliphatic heterocycles. The molecule has 3 N–H and O–H groups in total. The summed E-state index contributed by atoms with van der Waals surface area (Å²) in [5.74, 6) is 0.719. The van der Waals surface area contributed by atoms with Crippen LogP contribution in [0.25, 0.3) is 32.0 Å². The fourth-order valence-electron chi connectivity index (χ4n) is 10.5. The number of fused-ring (bicyclic) bond motifs is 6. The number of imide groups is 1. The Morgan fingerprint density at radius 2 is 1.79 bits per heavy atom. The molecule has 3 aromatic heterocycles. The van der Waals surface area contributed by atoms with E-state index in [2.05, 4.69) is 67.0 Å². The van der Waals surface area contributed by atoms with Crippen molar-refractivity contribution in [2.24, 2.45) is 12.5 Å². The smallest absolute Gasteiger partial charge is 0.329 e. The summed E-state index contributed by atoms with van der Waals surface area (Å²) in [6, 6.07) is 15.4. The van der Waals surface area contributed by atoms with E-state index >= 15 is 0 Å². The summed E-state index contributed by atoms with van der Waals surface area (Å²) in [6.07, 6.45) is 8.50. The molecule has 14 heteroatoms. The van der Waals surface area contributed by atoms with Crippen molar-refractivity contribution in [3.8, 4) is 0 Å². The summed E-state index contributed by atoms with van der Waals surface area (Å²) in [5, 5.41) is 10.9. The highest BCUT2D eigenvalue weighted by molar-refractivity contribution is 7.21. The molecule has 3 amide bonds. The van der Waals surface area contributed by atoms with Gasteiger partial charge < -0.3 is 20.4 Å². The normalized spacial score (nSPS) is 21.1. The van der Waals surface area contributed by atoms with Crippen LogP contribution in [0.5, 0.6) is 0 Å². The van der Waals surface area contributed by atoms with Gasteiger partial charge in [0, 0.05) is 98.1 Å². The Morgan fingerprint density at radius 3 is 2.57 bits per heavy atom. The van der Waals surface area contributed by atoms with Crippen LogP contribution < -0.4 is 31.4 Å². The highest BCUT2D eigenvalue weighted by Crippen LogP contribution is 2.56. The lowest BCUT2D eigenvalue weighted by Crippen LogP contribution is -2.64. The quantitative estimate of drug-likeness (QED) is 0.187. The van der Waals surface area contributed by atoms with E-state index in [4.69, 9.17) is 4.98 Å². The average molecular weight is 776 g/mol. The van der Waals surface area contributed by atoms with Gasteiger partial charge in [-0.1, -0.05) is 0 Å². The maximum Gasteiger partial charge on any atom is 0.329 e. The number of aryl methyl sites for hydroxylation is 1. The van der Waals surface area contributed by atoms with Crippen molar-refractivity contribution in [1.29, 1.82) is 0 Å². The number of carbonyl (C=O) groups excluding carboxylic acids is 3. The van der Waals surface area contributed by atoms with Crippen molar-refractivity contribution in [2.45, 2.75) is 75.9 Å². The second-order valence-corrected chi connectivity index (χ2v) is 18.1. The van der Waals surface area contributed by atoms with Gasteiger partial charge >= 0.3 is 5.69 Å². The molecule has 2 saturated heterocycles. The van der Waals surface area contributed by atoms with E-state index in [9.17, 15) is 19.2 Å². The molecule has 2 aliphatic carbocycles. The number of aromatic nitrogens is 3. The molecular formula is C42H49N9O4S. The third-order valence-corrected chi connectivity index (χ3v) is 14.9. The zero-order valence-electron chi connectivity index (χ0n) is 32.1. The zero-order valence-corrected chi connectivity index (χ0v) is 32.9. The summed E-state index contributed by atoms with van der Waals surface area (Å²) >= 11 is 1.55. The van der Waals surface area contributed by atoms with Gasteiger partial charge in [0.1, 0.15) is 10.7 Å². The summed E-state index contributed by atoms with van der Waals surface area (Å²) in [6.45, 7) is 8.41. The minimum atomic E-state index is -0.334. The number of amides is 3. The van der Waals surface area contributed by atoms with E-state index in [-0.39, 0.29) is 35.5 Å². The van der Waals surface area contributed by atoms with Crippen molar-refractivity contribution in [3.63, 3.8) is 0 Å². The molecular weight excluding hydrogens is 727 g/mol. The number of anilines is 3. The van der Waals surface area contributed by atoms with Crippen LogP contribution in [0, 0.1) is 5.41 Å². The number of nitrogens with zero attached hydrogens (tertiary/aromatic N) is 6. The Labute approximate surface area is 329 Å². The second kappa shape index (κ2) is 13.3. The van der Waals surface area contributed by atoms with Crippen molar-refractivity contribution >= 4 is 78.8 Å². The van der Waals surface area contributed by atoms with Gasteiger partial charge in [-0.3, -0.25) is 33.7 Å². The molecule has 2 aromatic carbocycles. The van der Waals surface area contributed by atoms with Gasteiger partial charge in [0.05, 0.1) is 22.2 Å². The van der Waals surface area contributed by atoms with E-state index in [1.165, 1.54) is 38.5 Å². The van der Waals surface area contributed by atoms with Gasteiger partial charge in [0.2, 0.25) is 12.3 Å². The van der Waals surface area contributed by atoms with Gasteiger partial charge in [-0.15, -0.1) is 11.3 Å². The monoisotopic (exact) mass is 775 g/mol. The molecule has 5 aromatic rings. The third kappa shape index (κ3) is 5.77. The number of piperidine rings is 1. The van der Waals surface area contributed by atoms with Gasteiger partial charge in [-0.2, -0.15) is 0 Å². The van der Waals surface area contributed by atoms with Gasteiger partial charge in [0.15, 0.2) is 0 Å². The van der Waals surface area contributed by atoms with Crippen molar-refractivity contribution in [3.05, 3.63) is 57.8 Å². The fraction of sp³-hybridized carbons (Fsp3) is 0.500. The van der Waals surface area contributed by atoms with E-state index in [0.717, 1.165) is 86.8 Å². The second-order valence-electron chi connectivity index (χ2n) is 17.0. The number of carbonyl (C=O) groups is 3. The van der Waals surface area contributed by atoms with Crippen molar-refractivity contribution < 1.29 is 14.4 Å². The zero-order chi connectivity index (χ0) is 38.3. The van der Waals surface area contributed by atoms with E-state index < -0.39 is 0 Å². The number of imidazole rings is 1. The summed E-state index contributed by atoms with van der Waals surface area (Å²) in [5.41, 5.74) is 5.43. The number of nitrogens with one attached hydrogen (secondary N) is 3. The van der Waals surface area contributed by atoms with E-state index in [1.807, 2.05) is 20.0 Å². The molecule has 4 fully saturated rings. The van der Waals surface area contributed by atoms with Crippen LogP contribution in [0.2, 0.25) is 0 Å². The molecule has 292 valence electrons. The number of pyridine rings is 1. The Bertz CT molecular complexity index is 2470. The highest BCUT2D eigenvalue weighted by atomic mass is 32.1. The Morgan fingerprint density at radius 1 is 0.982 bits per heavy atom. The van der Waals surface area contributed by atoms with Crippen molar-refractivity contribution in [1.82, 2.24) is 29.7 Å². The molecule has 2 saturated carbocycles. The standard InChI is InChI=1S/C42H49N9O4S/c1-26(3-10-35(53)45-25-52)51-31-7-4-27(21-32(31)47(2)40(51)55)48-17-13-41(14-18-48)22-28(23-41)50-20-19-49(24-42(50)11-12-42)34-9-5-29-30(46-34)6-8-33-36(29)37-38(56-33)39(54)44-16-15-43-37/h4-9,21,25-26,28,43H,3,10-20,22-24H2,1-2H3,(H,44,54)(H,45,52,53). The number of rotatable bonds is 8. The molecule has 13 nitrogen and oxygen atoms in total. The number of benzene rings is 2. The van der Waals surface area contributed by atoms with E-state index in [1.54, 1.807) is 20.5 Å². The van der Waals surface area contributed by atoms with Crippen LogP contribution >= 0.6 is 11.3 Å². The van der Waals surface area contributed by atoms with E-state index in [0.29, 0.717) is 37.4 Å². The number of hydrogen-bond donors (Lipinski definition) is 3. The minimum absolute atomic E-state index is 0.00120. The molecule has 10 rings (SSSR count). The molecule has 0 bridgehead atoms. The Balaban J connectivity index is 0.778. The summed E-state index contributed by atoms with van der Waals surface area (Å²) in [7, 11) is 1.82. The highest BCUT2D eigenvalue weighted by Gasteiger charge is 2.58. The maximum absolute atomic E-state index is 13.3. The Kier molecular flexibility index (Phi) is 8.44. The van der Waals surface area contributed by atoms with Crippen LogP contribution in [-0.2, 0) is 16.6 Å². The first kappa shape index (κ1) is 35.5. The molecule has 56 heavy (non-hydrogen) atoms. The first-order valence-corrected chi connectivity index (χ1v) is 21.1. The number of piperazine rings is 1. The minimum Gasteiger partial charge on any atom is -0.381 e. The topological polar surface area (TPSA) is 137 Å². The first-order chi connectivity index (χ1) is 27.2. The van der Waals surface area contributed by atoms with Crippen LogP contribution in [-0.4, -0.2) is 94.6 Å². The Hall–Kier alpha value is -4.95. The average Bonchev–Trinajstić information content (AvgIpc) is 3.83.